The van der Waals surface area contributed by atoms with Crippen LogP contribution in [-0.4, -0.2) is 50.3 Å². The molecule has 146 valence electrons. The predicted octanol–water partition coefficient (Wildman–Crippen LogP) is 2.91. The third kappa shape index (κ3) is 5.96. The average molecular weight is 421 g/mol. The summed E-state index contributed by atoms with van der Waals surface area (Å²) in [7, 11) is -3.51. The Morgan fingerprint density at radius 2 is 2.12 bits per heavy atom. The zero-order chi connectivity index (χ0) is 19.5. The molecule has 0 saturated heterocycles. The van der Waals surface area contributed by atoms with E-state index in [1.54, 1.807) is 23.9 Å². The number of carbonyl (C=O) groups is 1. The number of nitrogens with zero attached hydrogens (tertiary/aromatic N) is 1. The first-order valence-corrected chi connectivity index (χ1v) is 11.5. The van der Waals surface area contributed by atoms with Crippen molar-refractivity contribution in [2.45, 2.75) is 38.0 Å². The van der Waals surface area contributed by atoms with Crippen LogP contribution in [0.1, 0.15) is 27.2 Å². The summed E-state index contributed by atoms with van der Waals surface area (Å²) >= 11 is 7.77. The summed E-state index contributed by atoms with van der Waals surface area (Å²) < 4.78 is 31.4. The van der Waals surface area contributed by atoms with Gasteiger partial charge in [-0.15, -0.1) is 0 Å². The van der Waals surface area contributed by atoms with Gasteiger partial charge in [-0.1, -0.05) is 32.4 Å². The summed E-state index contributed by atoms with van der Waals surface area (Å²) in [5.41, 5.74) is 0.360. The quantitative estimate of drug-likeness (QED) is 0.741. The predicted molar refractivity (Wildman–Crippen MR) is 108 cm³/mol. The van der Waals surface area contributed by atoms with E-state index in [0.717, 1.165) is 12.0 Å². The van der Waals surface area contributed by atoms with Gasteiger partial charge in [0.1, 0.15) is 5.75 Å². The van der Waals surface area contributed by atoms with E-state index in [2.05, 4.69) is 26.1 Å². The number of benzene rings is 1. The summed E-state index contributed by atoms with van der Waals surface area (Å²) in [6.07, 6.45) is 0.640. The number of anilines is 1. The standard InChI is InChI=1S/C17H25ClN2O4S2/c1-17(2,3)25-10-8-19-16(21)15-7-9-20(26(4,22)23)13-11-12(18)5-6-14(13)24-15/h5-6,11,15H,7-10H2,1-4H3,(H,19,21). The molecule has 9 heteroatoms. The van der Waals surface area contributed by atoms with Crippen LogP contribution in [0.4, 0.5) is 5.69 Å². The molecule has 1 N–H and O–H groups in total. The molecule has 1 aliphatic heterocycles. The van der Waals surface area contributed by atoms with E-state index in [1.165, 1.54) is 10.4 Å². The molecule has 1 atom stereocenters. The second kappa shape index (κ2) is 8.27. The average Bonchev–Trinajstić information content (AvgIpc) is 2.69. The molecule has 1 unspecified atom stereocenters. The highest BCUT2D eigenvalue weighted by molar-refractivity contribution is 8.00. The van der Waals surface area contributed by atoms with Crippen LogP contribution in [0, 0.1) is 0 Å². The zero-order valence-corrected chi connectivity index (χ0v) is 17.8. The lowest BCUT2D eigenvalue weighted by Gasteiger charge is -2.21. The first-order valence-electron chi connectivity index (χ1n) is 8.33. The van der Waals surface area contributed by atoms with Crippen molar-refractivity contribution in [2.24, 2.45) is 0 Å². The molecule has 0 aliphatic carbocycles. The van der Waals surface area contributed by atoms with Gasteiger partial charge in [-0.25, -0.2) is 8.42 Å². The van der Waals surface area contributed by atoms with Crippen molar-refractivity contribution in [1.82, 2.24) is 5.32 Å². The van der Waals surface area contributed by atoms with Crippen LogP contribution < -0.4 is 14.4 Å². The van der Waals surface area contributed by atoms with Crippen LogP contribution >= 0.6 is 23.4 Å². The van der Waals surface area contributed by atoms with Gasteiger partial charge in [-0.2, -0.15) is 11.8 Å². The molecule has 0 spiro atoms. The Morgan fingerprint density at radius 3 is 2.73 bits per heavy atom. The smallest absolute Gasteiger partial charge is 0.261 e. The maximum Gasteiger partial charge on any atom is 0.261 e. The molecule has 1 aliphatic rings. The molecular weight excluding hydrogens is 396 g/mol. The summed E-state index contributed by atoms with van der Waals surface area (Å²) in [6, 6.07) is 4.75. The molecule has 0 saturated carbocycles. The van der Waals surface area contributed by atoms with Gasteiger partial charge < -0.3 is 10.1 Å². The van der Waals surface area contributed by atoms with Crippen molar-refractivity contribution in [3.63, 3.8) is 0 Å². The molecule has 1 amide bonds. The van der Waals surface area contributed by atoms with E-state index >= 15 is 0 Å². The van der Waals surface area contributed by atoms with Gasteiger partial charge in [0.25, 0.3) is 5.91 Å². The Bertz CT molecular complexity index is 763. The second-order valence-electron chi connectivity index (χ2n) is 7.09. The van der Waals surface area contributed by atoms with Gasteiger partial charge in [0.15, 0.2) is 6.10 Å². The number of amides is 1. The summed E-state index contributed by atoms with van der Waals surface area (Å²) in [6.45, 7) is 7.05. The highest BCUT2D eigenvalue weighted by atomic mass is 35.5. The minimum absolute atomic E-state index is 0.137. The van der Waals surface area contributed by atoms with E-state index in [4.69, 9.17) is 16.3 Å². The zero-order valence-electron chi connectivity index (χ0n) is 15.4. The molecule has 0 bridgehead atoms. The van der Waals surface area contributed by atoms with Crippen molar-refractivity contribution in [1.29, 1.82) is 0 Å². The first-order chi connectivity index (χ1) is 12.0. The number of carbonyl (C=O) groups excluding carboxylic acids is 1. The number of halogens is 1. The van der Waals surface area contributed by atoms with Crippen LogP contribution in [0.15, 0.2) is 18.2 Å². The van der Waals surface area contributed by atoms with Crippen molar-refractivity contribution in [2.75, 3.05) is 29.4 Å². The lowest BCUT2D eigenvalue weighted by atomic mass is 10.2. The number of hydrogen-bond donors (Lipinski definition) is 1. The number of sulfonamides is 1. The topological polar surface area (TPSA) is 75.7 Å². The van der Waals surface area contributed by atoms with Gasteiger partial charge in [0.05, 0.1) is 11.9 Å². The number of rotatable bonds is 5. The second-order valence-corrected chi connectivity index (χ2v) is 11.4. The normalized spacial score (nSPS) is 17.9. The summed E-state index contributed by atoms with van der Waals surface area (Å²) in [5.74, 6) is 0.890. The summed E-state index contributed by atoms with van der Waals surface area (Å²) in [5, 5.41) is 3.28. The molecule has 0 radical (unpaired) electrons. The van der Waals surface area contributed by atoms with E-state index in [9.17, 15) is 13.2 Å². The van der Waals surface area contributed by atoms with E-state index < -0.39 is 16.1 Å². The minimum atomic E-state index is -3.51. The molecular formula is C17H25ClN2O4S2. The lowest BCUT2D eigenvalue weighted by Crippen LogP contribution is -2.40. The van der Waals surface area contributed by atoms with Crippen LogP contribution in [0.2, 0.25) is 5.02 Å². The van der Waals surface area contributed by atoms with Crippen molar-refractivity contribution in [3.8, 4) is 5.75 Å². The van der Waals surface area contributed by atoms with Gasteiger partial charge >= 0.3 is 0 Å². The fourth-order valence-corrected chi connectivity index (χ4v) is 4.45. The molecule has 6 nitrogen and oxygen atoms in total. The molecule has 1 aromatic carbocycles. The van der Waals surface area contributed by atoms with Crippen molar-refractivity contribution in [3.05, 3.63) is 23.2 Å². The fraction of sp³-hybridized carbons (Fsp3) is 0.588. The number of nitrogens with one attached hydrogen (secondary N) is 1. The molecule has 1 heterocycles. The largest absolute Gasteiger partial charge is 0.478 e. The Labute approximate surface area is 164 Å². The van der Waals surface area contributed by atoms with Gasteiger partial charge in [-0.05, 0) is 18.2 Å². The summed E-state index contributed by atoms with van der Waals surface area (Å²) in [4.78, 5) is 12.5. The third-order valence-electron chi connectivity index (χ3n) is 3.68. The molecule has 0 aromatic heterocycles. The molecule has 0 fully saturated rings. The lowest BCUT2D eigenvalue weighted by molar-refractivity contribution is -0.127. The Balaban J connectivity index is 2.10. The van der Waals surface area contributed by atoms with E-state index in [-0.39, 0.29) is 23.6 Å². The van der Waals surface area contributed by atoms with Crippen LogP contribution in [0.25, 0.3) is 0 Å². The van der Waals surface area contributed by atoms with E-state index in [1.807, 2.05) is 0 Å². The van der Waals surface area contributed by atoms with Crippen LogP contribution in [-0.2, 0) is 14.8 Å². The highest BCUT2D eigenvalue weighted by Gasteiger charge is 2.31. The Hall–Kier alpha value is -1.12. The number of fused-ring (bicyclic) bond motifs is 1. The molecule has 26 heavy (non-hydrogen) atoms. The SMILES string of the molecule is CC(C)(C)SCCNC(=O)C1CCN(S(C)(=O)=O)c2cc(Cl)ccc2O1. The number of hydrogen-bond acceptors (Lipinski definition) is 5. The van der Waals surface area contributed by atoms with Gasteiger partial charge in [-0.3, -0.25) is 9.10 Å². The van der Waals surface area contributed by atoms with Crippen LogP contribution in [0.5, 0.6) is 5.75 Å². The Kier molecular flexibility index (Phi) is 6.74. The monoisotopic (exact) mass is 420 g/mol. The number of thioether (sulfide) groups is 1. The number of ether oxygens (including phenoxy) is 1. The fourth-order valence-electron chi connectivity index (χ4n) is 2.53. The minimum Gasteiger partial charge on any atom is -0.478 e. The van der Waals surface area contributed by atoms with Crippen molar-refractivity contribution >= 4 is 45.0 Å². The molecule has 2 rings (SSSR count). The first kappa shape index (κ1) is 21.2. The maximum atomic E-state index is 12.5. The van der Waals surface area contributed by atoms with Crippen molar-refractivity contribution < 1.29 is 17.9 Å². The maximum absolute atomic E-state index is 12.5. The van der Waals surface area contributed by atoms with Crippen LogP contribution in [0.3, 0.4) is 0 Å². The van der Waals surface area contributed by atoms with Gasteiger partial charge in [0, 0.05) is 35.0 Å². The van der Waals surface area contributed by atoms with Gasteiger partial charge in [0.2, 0.25) is 10.0 Å². The highest BCUT2D eigenvalue weighted by Crippen LogP contribution is 2.36. The third-order valence-corrected chi connectivity index (χ3v) is 6.37. The Morgan fingerprint density at radius 1 is 1.42 bits per heavy atom. The van der Waals surface area contributed by atoms with E-state index in [0.29, 0.717) is 23.0 Å². The molecule has 1 aromatic rings.